The minimum atomic E-state index is -0.119. The lowest BCUT2D eigenvalue weighted by Gasteiger charge is -2.55. The topological polar surface area (TPSA) is 61.8 Å². The number of hydrogen-bond acceptors (Lipinski definition) is 4. The number of amides is 1. The molecule has 0 bridgehead atoms. The second-order valence-electron chi connectivity index (χ2n) is 10.0. The fourth-order valence-electron chi connectivity index (χ4n) is 6.13. The molecule has 2 saturated carbocycles. The smallest absolute Gasteiger partial charge is 0.251 e. The third kappa shape index (κ3) is 4.28. The SMILES string of the molecule is COC1C[C@H](NC(=O)c2ccccc2)CC2(c3cccc(O)c3)CCN(CC3CC3)CC12. The van der Waals surface area contributed by atoms with Gasteiger partial charge in [0, 0.05) is 43.1 Å². The van der Waals surface area contributed by atoms with E-state index in [9.17, 15) is 9.90 Å². The molecule has 0 aromatic heterocycles. The molecule has 5 nitrogen and oxygen atoms in total. The van der Waals surface area contributed by atoms with Crippen molar-refractivity contribution in [3.63, 3.8) is 0 Å². The highest BCUT2D eigenvalue weighted by atomic mass is 16.5. The predicted octanol–water partition coefficient (Wildman–Crippen LogP) is 3.97. The molecule has 2 aromatic carbocycles. The highest BCUT2D eigenvalue weighted by Crippen LogP contribution is 2.51. The zero-order valence-electron chi connectivity index (χ0n) is 18.9. The summed E-state index contributed by atoms with van der Waals surface area (Å²) in [6.07, 6.45) is 5.49. The lowest BCUT2D eigenvalue weighted by molar-refractivity contribution is -0.0678. The van der Waals surface area contributed by atoms with E-state index in [-0.39, 0.29) is 23.5 Å². The van der Waals surface area contributed by atoms with E-state index in [1.807, 2.05) is 42.5 Å². The maximum Gasteiger partial charge on any atom is 0.251 e. The van der Waals surface area contributed by atoms with E-state index in [1.165, 1.54) is 24.9 Å². The summed E-state index contributed by atoms with van der Waals surface area (Å²) in [6.45, 7) is 3.26. The first-order valence-electron chi connectivity index (χ1n) is 12.0. The molecule has 32 heavy (non-hydrogen) atoms. The summed E-state index contributed by atoms with van der Waals surface area (Å²) in [5, 5.41) is 13.6. The zero-order chi connectivity index (χ0) is 22.1. The van der Waals surface area contributed by atoms with Crippen molar-refractivity contribution in [2.75, 3.05) is 26.7 Å². The van der Waals surface area contributed by atoms with Crippen LogP contribution in [-0.4, -0.2) is 54.8 Å². The van der Waals surface area contributed by atoms with E-state index in [2.05, 4.69) is 16.3 Å². The van der Waals surface area contributed by atoms with Crippen LogP contribution in [0, 0.1) is 11.8 Å². The van der Waals surface area contributed by atoms with Crippen molar-refractivity contribution >= 4 is 5.91 Å². The van der Waals surface area contributed by atoms with Crippen LogP contribution in [-0.2, 0) is 10.2 Å². The Bertz CT molecular complexity index is 945. The van der Waals surface area contributed by atoms with Crippen molar-refractivity contribution in [1.29, 1.82) is 0 Å². The van der Waals surface area contributed by atoms with Gasteiger partial charge in [-0.05, 0) is 74.4 Å². The lowest BCUT2D eigenvalue weighted by Crippen LogP contribution is -2.61. The molecular weight excluding hydrogens is 400 g/mol. The number of carbonyl (C=O) groups excluding carboxylic acids is 1. The van der Waals surface area contributed by atoms with Crippen LogP contribution >= 0.6 is 0 Å². The zero-order valence-corrected chi connectivity index (χ0v) is 18.9. The Labute approximate surface area is 190 Å². The van der Waals surface area contributed by atoms with Gasteiger partial charge in [-0.1, -0.05) is 30.3 Å². The van der Waals surface area contributed by atoms with Gasteiger partial charge in [-0.3, -0.25) is 4.79 Å². The lowest BCUT2D eigenvalue weighted by atomic mass is 9.57. The number of methoxy groups -OCH3 is 1. The molecule has 1 heterocycles. The normalized spacial score (nSPS) is 30.5. The van der Waals surface area contributed by atoms with Gasteiger partial charge in [-0.2, -0.15) is 0 Å². The Hall–Kier alpha value is -2.37. The molecular formula is C27H34N2O3. The number of likely N-dealkylation sites (tertiary alicyclic amines) is 1. The quantitative estimate of drug-likeness (QED) is 0.722. The summed E-state index contributed by atoms with van der Waals surface area (Å²) in [7, 11) is 1.80. The molecule has 2 N–H and O–H groups in total. The first-order valence-corrected chi connectivity index (χ1v) is 12.0. The number of benzene rings is 2. The van der Waals surface area contributed by atoms with Gasteiger partial charge in [0.25, 0.3) is 5.91 Å². The maximum absolute atomic E-state index is 12.9. The van der Waals surface area contributed by atoms with Gasteiger partial charge < -0.3 is 20.1 Å². The van der Waals surface area contributed by atoms with Crippen LogP contribution in [0.3, 0.4) is 0 Å². The Balaban J connectivity index is 1.44. The number of carbonyl (C=O) groups is 1. The molecule has 1 saturated heterocycles. The van der Waals surface area contributed by atoms with Gasteiger partial charge in [0.15, 0.2) is 0 Å². The highest BCUT2D eigenvalue weighted by Gasteiger charge is 2.53. The minimum Gasteiger partial charge on any atom is -0.508 e. The largest absolute Gasteiger partial charge is 0.508 e. The third-order valence-corrected chi connectivity index (χ3v) is 7.92. The fourth-order valence-corrected chi connectivity index (χ4v) is 6.13. The summed E-state index contributed by atoms with van der Waals surface area (Å²) in [6, 6.07) is 17.2. The van der Waals surface area contributed by atoms with Gasteiger partial charge in [0.2, 0.25) is 0 Å². The summed E-state index contributed by atoms with van der Waals surface area (Å²) >= 11 is 0. The standard InChI is InChI=1S/C27H34N2O3/c1-32-25-15-22(28-26(31)20-6-3-2-4-7-20)16-27(21-8-5-9-23(30)14-21)12-13-29(18-24(25)27)17-19-10-11-19/h2-9,14,19,22,24-25,30H,10-13,15-18H2,1H3,(H,28,31)/t22-,24?,25?,27?/m0/s1. The second kappa shape index (κ2) is 8.87. The Morgan fingerprint density at radius 2 is 2.00 bits per heavy atom. The first kappa shape index (κ1) is 21.5. The molecule has 1 amide bonds. The van der Waals surface area contributed by atoms with Crippen LogP contribution in [0.1, 0.15) is 48.0 Å². The van der Waals surface area contributed by atoms with Gasteiger partial charge in [0.1, 0.15) is 5.75 Å². The summed E-state index contributed by atoms with van der Waals surface area (Å²) in [4.78, 5) is 15.6. The van der Waals surface area contributed by atoms with Crippen LogP contribution in [0.25, 0.3) is 0 Å². The van der Waals surface area contributed by atoms with Crippen LogP contribution < -0.4 is 5.32 Å². The average molecular weight is 435 g/mol. The maximum atomic E-state index is 12.9. The number of nitrogens with one attached hydrogen (secondary N) is 1. The van der Waals surface area contributed by atoms with Crippen LogP contribution in [0.2, 0.25) is 0 Å². The Morgan fingerprint density at radius 1 is 1.19 bits per heavy atom. The number of piperidine rings is 1. The van der Waals surface area contributed by atoms with Gasteiger partial charge in [0.05, 0.1) is 6.10 Å². The highest BCUT2D eigenvalue weighted by molar-refractivity contribution is 5.94. The molecule has 0 spiro atoms. The Kier molecular flexibility index (Phi) is 5.95. The number of aromatic hydroxyl groups is 1. The molecule has 5 heteroatoms. The molecule has 1 aliphatic heterocycles. The van der Waals surface area contributed by atoms with E-state index in [1.54, 1.807) is 13.2 Å². The molecule has 2 aromatic rings. The van der Waals surface area contributed by atoms with Gasteiger partial charge in [-0.25, -0.2) is 0 Å². The number of ether oxygens (including phenoxy) is 1. The number of nitrogens with zero attached hydrogens (tertiary/aromatic N) is 1. The van der Waals surface area contributed by atoms with Gasteiger partial charge in [-0.15, -0.1) is 0 Å². The molecule has 0 radical (unpaired) electrons. The van der Waals surface area contributed by atoms with Crippen molar-refractivity contribution in [1.82, 2.24) is 10.2 Å². The predicted molar refractivity (Wildman–Crippen MR) is 125 cm³/mol. The van der Waals surface area contributed by atoms with E-state index in [4.69, 9.17) is 4.74 Å². The van der Waals surface area contributed by atoms with Crippen molar-refractivity contribution < 1.29 is 14.6 Å². The van der Waals surface area contributed by atoms with E-state index in [0.29, 0.717) is 17.2 Å². The van der Waals surface area contributed by atoms with E-state index < -0.39 is 0 Å². The van der Waals surface area contributed by atoms with Crippen LogP contribution in [0.15, 0.2) is 54.6 Å². The molecule has 2 aliphatic carbocycles. The Morgan fingerprint density at radius 3 is 2.72 bits per heavy atom. The molecule has 4 atom stereocenters. The molecule has 3 unspecified atom stereocenters. The van der Waals surface area contributed by atoms with Crippen LogP contribution in [0.4, 0.5) is 0 Å². The first-order chi connectivity index (χ1) is 15.6. The average Bonchev–Trinajstić information content (AvgIpc) is 3.63. The van der Waals surface area contributed by atoms with Crippen LogP contribution in [0.5, 0.6) is 5.75 Å². The number of phenolic OH excluding ortho intramolecular Hbond substituents is 1. The van der Waals surface area contributed by atoms with Crippen molar-refractivity contribution in [3.05, 3.63) is 65.7 Å². The fraction of sp³-hybridized carbons (Fsp3) is 0.519. The molecule has 3 aliphatic rings. The summed E-state index contributed by atoms with van der Waals surface area (Å²) < 4.78 is 6.08. The van der Waals surface area contributed by atoms with E-state index >= 15 is 0 Å². The monoisotopic (exact) mass is 434 g/mol. The number of fused-ring (bicyclic) bond motifs is 1. The van der Waals surface area contributed by atoms with Crippen molar-refractivity contribution in [2.45, 2.75) is 49.7 Å². The molecule has 3 fully saturated rings. The molecule has 170 valence electrons. The third-order valence-electron chi connectivity index (χ3n) is 7.92. The van der Waals surface area contributed by atoms with Crippen molar-refractivity contribution in [3.8, 4) is 5.75 Å². The minimum absolute atomic E-state index is 0.0267. The van der Waals surface area contributed by atoms with Gasteiger partial charge >= 0.3 is 0 Å². The summed E-state index contributed by atoms with van der Waals surface area (Å²) in [5.41, 5.74) is 1.75. The van der Waals surface area contributed by atoms with Crippen molar-refractivity contribution in [2.24, 2.45) is 11.8 Å². The number of hydrogen-bond donors (Lipinski definition) is 2. The molecule has 5 rings (SSSR count). The summed E-state index contributed by atoms with van der Waals surface area (Å²) in [5.74, 6) is 1.49. The second-order valence-corrected chi connectivity index (χ2v) is 10.0. The number of rotatable bonds is 6. The number of phenols is 1. The van der Waals surface area contributed by atoms with E-state index in [0.717, 1.165) is 38.3 Å².